The van der Waals surface area contributed by atoms with E-state index in [0.717, 1.165) is 38.3 Å². The van der Waals surface area contributed by atoms with Crippen LogP contribution in [0.2, 0.25) is 10.0 Å². The molecule has 1 aromatic heterocycles. The topological polar surface area (TPSA) is 104 Å². The molecule has 1 aromatic carbocycles. The maximum absolute atomic E-state index is 13.6. The minimum Gasteiger partial charge on any atom is -0.619 e. The van der Waals surface area contributed by atoms with Crippen molar-refractivity contribution in [2.24, 2.45) is 5.92 Å². The summed E-state index contributed by atoms with van der Waals surface area (Å²) in [7, 11) is 0. The van der Waals surface area contributed by atoms with Gasteiger partial charge in [0.2, 0.25) is 5.91 Å². The molecule has 0 radical (unpaired) electrons. The Morgan fingerprint density at radius 2 is 1.84 bits per heavy atom. The molecule has 3 fully saturated rings. The van der Waals surface area contributed by atoms with Gasteiger partial charge >= 0.3 is 12.6 Å². The number of hydrogen-bond acceptors (Lipinski definition) is 9. The van der Waals surface area contributed by atoms with E-state index in [4.69, 9.17) is 37.4 Å². The van der Waals surface area contributed by atoms with Gasteiger partial charge in [0.15, 0.2) is 29.3 Å². The van der Waals surface area contributed by atoms with Crippen molar-refractivity contribution < 1.29 is 42.0 Å². The van der Waals surface area contributed by atoms with E-state index in [1.165, 1.54) is 34.9 Å². The second-order valence-corrected chi connectivity index (χ2v) is 12.8. The second-order valence-electron chi connectivity index (χ2n) is 10.8. The fraction of sp³-hybridized carbons (Fsp3) is 0.552. The van der Waals surface area contributed by atoms with Crippen molar-refractivity contribution in [1.29, 1.82) is 0 Å². The Kier molecular flexibility index (Phi) is 11.3. The first-order valence-electron chi connectivity index (χ1n) is 14.4. The van der Waals surface area contributed by atoms with Gasteiger partial charge in [-0.25, -0.2) is 4.79 Å². The summed E-state index contributed by atoms with van der Waals surface area (Å²) in [5.41, 5.74) is 0.758. The summed E-state index contributed by atoms with van der Waals surface area (Å²) in [6, 6.07) is 4.31. The molecule has 2 atom stereocenters. The first-order chi connectivity index (χ1) is 21.2. The van der Waals surface area contributed by atoms with E-state index in [1.807, 2.05) is 0 Å². The van der Waals surface area contributed by atoms with Crippen molar-refractivity contribution in [3.05, 3.63) is 57.0 Å². The number of rotatable bonds is 13. The van der Waals surface area contributed by atoms with Gasteiger partial charge < -0.3 is 29.1 Å². The number of pyridine rings is 1. The molecule has 2 saturated heterocycles. The van der Waals surface area contributed by atoms with E-state index in [1.54, 1.807) is 0 Å². The lowest BCUT2D eigenvalue weighted by Crippen LogP contribution is -2.43. The van der Waals surface area contributed by atoms with Crippen molar-refractivity contribution >= 4 is 46.8 Å². The van der Waals surface area contributed by atoms with Crippen LogP contribution in [0.1, 0.15) is 36.5 Å². The van der Waals surface area contributed by atoms with E-state index in [0.29, 0.717) is 60.4 Å². The lowest BCUT2D eigenvalue weighted by atomic mass is 10.0. The van der Waals surface area contributed by atoms with Crippen molar-refractivity contribution in [2.75, 3.05) is 51.8 Å². The van der Waals surface area contributed by atoms with Crippen molar-refractivity contribution in [3.8, 4) is 11.5 Å². The summed E-state index contributed by atoms with van der Waals surface area (Å²) in [5, 5.41) is 11.1. The molecule has 2 unspecified atom stereocenters. The van der Waals surface area contributed by atoms with Crippen molar-refractivity contribution in [3.63, 3.8) is 0 Å². The highest BCUT2D eigenvalue weighted by Gasteiger charge is 2.38. The SMILES string of the molecule is O=C(OC(Cc1c(Cl)c[n+]([O-])cc1Cl)c1ccc(OC(F)F)c(OCC2CC2)c1)C1SCCN1C(=O)CCN1CCOCC1. The number of alkyl halides is 2. The number of aromatic nitrogens is 1. The Hall–Kier alpha value is -2.58. The number of esters is 1. The lowest BCUT2D eigenvalue weighted by molar-refractivity contribution is -0.605. The van der Waals surface area contributed by atoms with Crippen LogP contribution < -0.4 is 14.2 Å². The van der Waals surface area contributed by atoms with Gasteiger partial charge in [0.05, 0.1) is 19.8 Å². The highest BCUT2D eigenvalue weighted by molar-refractivity contribution is 8.00. The van der Waals surface area contributed by atoms with Crippen molar-refractivity contribution in [1.82, 2.24) is 9.80 Å². The zero-order valence-corrected chi connectivity index (χ0v) is 26.1. The molecule has 0 N–H and O–H groups in total. The average Bonchev–Trinajstić information content (AvgIpc) is 3.69. The highest BCUT2D eigenvalue weighted by atomic mass is 35.5. The number of carbonyl (C=O) groups excluding carboxylic acids is 2. The number of amides is 1. The number of morpholine rings is 1. The maximum atomic E-state index is 13.6. The van der Waals surface area contributed by atoms with Gasteiger partial charge in [0.1, 0.15) is 16.1 Å². The predicted molar refractivity (Wildman–Crippen MR) is 159 cm³/mol. The molecule has 5 rings (SSSR count). The third kappa shape index (κ3) is 8.78. The van der Waals surface area contributed by atoms with Crippen LogP contribution in [0.15, 0.2) is 30.6 Å². The van der Waals surface area contributed by atoms with Crippen LogP contribution in [0.3, 0.4) is 0 Å². The van der Waals surface area contributed by atoms with Crippen LogP contribution >= 0.6 is 35.0 Å². The molecule has 10 nitrogen and oxygen atoms in total. The molecular weight excluding hydrogens is 643 g/mol. The van der Waals surface area contributed by atoms with Crippen LogP contribution in [-0.2, 0) is 25.5 Å². The number of nitrogens with zero attached hydrogens (tertiary/aromatic N) is 3. The fourth-order valence-corrected chi connectivity index (χ4v) is 6.72. The van der Waals surface area contributed by atoms with E-state index >= 15 is 0 Å². The number of halogens is 4. The van der Waals surface area contributed by atoms with E-state index < -0.39 is 24.1 Å². The summed E-state index contributed by atoms with van der Waals surface area (Å²) in [5.74, 6) is 0.0195. The minimum atomic E-state index is -3.07. The first kappa shape index (κ1) is 32.8. The van der Waals surface area contributed by atoms with Gasteiger partial charge in [-0.1, -0.05) is 29.3 Å². The number of thioether (sulfide) groups is 1. The molecule has 240 valence electrons. The van der Waals surface area contributed by atoms with Gasteiger partial charge in [-0.3, -0.25) is 9.69 Å². The number of benzene rings is 1. The average molecular weight is 677 g/mol. The Morgan fingerprint density at radius 3 is 2.52 bits per heavy atom. The summed E-state index contributed by atoms with van der Waals surface area (Å²) < 4.78 is 48.6. The summed E-state index contributed by atoms with van der Waals surface area (Å²) in [4.78, 5) is 30.5. The van der Waals surface area contributed by atoms with E-state index in [-0.39, 0.29) is 40.3 Å². The number of carbonyl (C=O) groups is 2. The quantitative estimate of drug-likeness (QED) is 0.173. The molecule has 0 bridgehead atoms. The number of hydrogen-bond donors (Lipinski definition) is 0. The normalized spacial score (nSPS) is 19.7. The summed E-state index contributed by atoms with van der Waals surface area (Å²) in [6.07, 6.45) is 3.43. The molecule has 2 aliphatic heterocycles. The maximum Gasteiger partial charge on any atom is 0.387 e. The highest BCUT2D eigenvalue weighted by Crippen LogP contribution is 2.38. The molecule has 2 aromatic rings. The molecule has 3 aliphatic rings. The van der Waals surface area contributed by atoms with Gasteiger partial charge in [-0.15, -0.1) is 11.8 Å². The van der Waals surface area contributed by atoms with E-state index in [2.05, 4.69) is 9.64 Å². The summed E-state index contributed by atoms with van der Waals surface area (Å²) >= 11 is 14.0. The van der Waals surface area contributed by atoms with Gasteiger partial charge in [0.25, 0.3) is 0 Å². The molecule has 3 heterocycles. The van der Waals surface area contributed by atoms with Crippen molar-refractivity contribution in [2.45, 2.75) is 43.8 Å². The standard InChI is InChI=1S/C29H33Cl2F2N3O7S/c30-21-15-35(39)16-22(31)20(21)14-24(19-3-4-23(43-29(32)33)25(13-19)41-17-18-1-2-18)42-28(38)27-36(9-12-44-27)26(37)5-6-34-7-10-40-11-8-34/h3-4,13,15-16,18,24,27,29H,1-2,5-12,14,17H2. The first-order valence-corrected chi connectivity index (χ1v) is 16.2. The van der Waals surface area contributed by atoms with Crippen LogP contribution in [0.5, 0.6) is 11.5 Å². The van der Waals surface area contributed by atoms with Crippen LogP contribution in [0, 0.1) is 11.1 Å². The smallest absolute Gasteiger partial charge is 0.387 e. The predicted octanol–water partition coefficient (Wildman–Crippen LogP) is 4.47. The monoisotopic (exact) mass is 675 g/mol. The zero-order valence-electron chi connectivity index (χ0n) is 23.8. The molecule has 1 amide bonds. The third-order valence-electron chi connectivity index (χ3n) is 7.59. The second kappa shape index (κ2) is 15.1. The molecular formula is C29H33Cl2F2N3O7S. The third-order valence-corrected chi connectivity index (χ3v) is 9.42. The largest absolute Gasteiger partial charge is 0.619 e. The fourth-order valence-electron chi connectivity index (χ4n) is 5.00. The molecule has 0 spiro atoms. The molecule has 1 saturated carbocycles. The van der Waals surface area contributed by atoms with Gasteiger partial charge in [-0.2, -0.15) is 13.5 Å². The Labute approximate surface area is 268 Å². The molecule has 44 heavy (non-hydrogen) atoms. The molecule has 15 heteroatoms. The Bertz CT molecular complexity index is 1310. The van der Waals surface area contributed by atoms with Crippen LogP contribution in [-0.4, -0.2) is 85.4 Å². The Morgan fingerprint density at radius 1 is 1.11 bits per heavy atom. The van der Waals surface area contributed by atoms with Crippen LogP contribution in [0.4, 0.5) is 8.78 Å². The van der Waals surface area contributed by atoms with Crippen LogP contribution in [0.25, 0.3) is 0 Å². The zero-order chi connectivity index (χ0) is 31.2. The Balaban J connectivity index is 1.37. The number of ether oxygens (including phenoxy) is 4. The summed E-state index contributed by atoms with van der Waals surface area (Å²) in [6.45, 7) is 0.968. The van der Waals surface area contributed by atoms with E-state index in [9.17, 15) is 23.6 Å². The minimum absolute atomic E-state index is 0.0380. The van der Waals surface area contributed by atoms with Gasteiger partial charge in [-0.05, 0) is 36.5 Å². The van der Waals surface area contributed by atoms with Gasteiger partial charge in [0, 0.05) is 50.3 Å². The lowest BCUT2D eigenvalue weighted by Gasteiger charge is -2.29. The molecule has 1 aliphatic carbocycles.